The maximum Gasteiger partial charge on any atom is 0.0196 e. The van der Waals surface area contributed by atoms with Crippen molar-refractivity contribution < 1.29 is 0 Å². The number of rotatable bonds is 3. The molecule has 0 aromatic heterocycles. The molecule has 2 saturated heterocycles. The van der Waals surface area contributed by atoms with Gasteiger partial charge in [-0.15, -0.1) is 0 Å². The van der Waals surface area contributed by atoms with E-state index in [2.05, 4.69) is 17.1 Å². The van der Waals surface area contributed by atoms with Gasteiger partial charge >= 0.3 is 0 Å². The second kappa shape index (κ2) is 5.50. The van der Waals surface area contributed by atoms with Crippen molar-refractivity contribution in [3.63, 3.8) is 0 Å². The van der Waals surface area contributed by atoms with Gasteiger partial charge in [-0.3, -0.25) is 4.90 Å². The minimum Gasteiger partial charge on any atom is -0.311 e. The van der Waals surface area contributed by atoms with Crippen molar-refractivity contribution in [2.45, 2.75) is 76.3 Å². The molecule has 1 N–H and O–H groups in total. The molecule has 1 spiro atoms. The first-order valence-corrected chi connectivity index (χ1v) is 8.30. The Hall–Kier alpha value is -0.0800. The van der Waals surface area contributed by atoms with Crippen LogP contribution in [0, 0.1) is 5.92 Å². The summed E-state index contributed by atoms with van der Waals surface area (Å²) in [7, 11) is 0. The molecule has 3 aliphatic rings. The van der Waals surface area contributed by atoms with Crippen molar-refractivity contribution in [2.75, 3.05) is 19.6 Å². The van der Waals surface area contributed by atoms with Crippen LogP contribution in [0.5, 0.6) is 0 Å². The van der Waals surface area contributed by atoms with Crippen molar-refractivity contribution in [2.24, 2.45) is 5.92 Å². The van der Waals surface area contributed by atoms with Gasteiger partial charge in [-0.1, -0.05) is 32.6 Å². The molecule has 18 heavy (non-hydrogen) atoms. The van der Waals surface area contributed by atoms with Crippen LogP contribution >= 0.6 is 0 Å². The third-order valence-corrected chi connectivity index (χ3v) is 5.61. The highest BCUT2D eigenvalue weighted by Crippen LogP contribution is 2.38. The summed E-state index contributed by atoms with van der Waals surface area (Å²) in [6.07, 6.45) is 12.9. The van der Waals surface area contributed by atoms with Crippen LogP contribution in [0.2, 0.25) is 0 Å². The van der Waals surface area contributed by atoms with Crippen LogP contribution < -0.4 is 5.32 Å². The number of likely N-dealkylation sites (tertiary alicyclic amines) is 1. The molecule has 2 nitrogen and oxygen atoms in total. The minimum atomic E-state index is 0.539. The molecule has 1 saturated carbocycles. The van der Waals surface area contributed by atoms with E-state index < -0.39 is 0 Å². The third-order valence-electron chi connectivity index (χ3n) is 5.61. The van der Waals surface area contributed by atoms with E-state index in [1.807, 2.05) is 0 Å². The molecule has 3 rings (SSSR count). The molecule has 2 heteroatoms. The second-order valence-electron chi connectivity index (χ2n) is 7.02. The van der Waals surface area contributed by atoms with Gasteiger partial charge in [0.2, 0.25) is 0 Å². The fourth-order valence-electron chi connectivity index (χ4n) is 4.55. The Bertz CT molecular complexity index is 259. The molecule has 0 aromatic rings. The van der Waals surface area contributed by atoms with E-state index in [1.54, 1.807) is 0 Å². The van der Waals surface area contributed by atoms with Gasteiger partial charge in [0, 0.05) is 24.7 Å². The van der Waals surface area contributed by atoms with E-state index in [4.69, 9.17) is 0 Å². The molecule has 0 radical (unpaired) electrons. The first kappa shape index (κ1) is 12.9. The fraction of sp³-hybridized carbons (Fsp3) is 1.00. The number of nitrogens with one attached hydrogen (secondary N) is 1. The number of piperidine rings is 1. The van der Waals surface area contributed by atoms with Crippen LogP contribution in [0.3, 0.4) is 0 Å². The average Bonchev–Trinajstić information content (AvgIpc) is 2.34. The zero-order valence-electron chi connectivity index (χ0n) is 12.1. The zero-order valence-corrected chi connectivity index (χ0v) is 12.1. The van der Waals surface area contributed by atoms with Gasteiger partial charge < -0.3 is 5.32 Å². The topological polar surface area (TPSA) is 15.3 Å². The van der Waals surface area contributed by atoms with E-state index >= 15 is 0 Å². The van der Waals surface area contributed by atoms with Crippen LogP contribution in [-0.2, 0) is 0 Å². The van der Waals surface area contributed by atoms with E-state index in [9.17, 15) is 0 Å². The van der Waals surface area contributed by atoms with Gasteiger partial charge in [-0.05, 0) is 44.6 Å². The average molecular weight is 250 g/mol. The second-order valence-corrected chi connectivity index (χ2v) is 7.02. The maximum absolute atomic E-state index is 3.88. The molecule has 0 aromatic carbocycles. The molecule has 104 valence electrons. The van der Waals surface area contributed by atoms with Crippen molar-refractivity contribution in [1.82, 2.24) is 10.2 Å². The van der Waals surface area contributed by atoms with Crippen LogP contribution in [0.25, 0.3) is 0 Å². The van der Waals surface area contributed by atoms with Gasteiger partial charge in [-0.25, -0.2) is 0 Å². The molecule has 2 heterocycles. The molecule has 3 fully saturated rings. The maximum atomic E-state index is 3.88. The van der Waals surface area contributed by atoms with Crippen LogP contribution in [0.15, 0.2) is 0 Å². The summed E-state index contributed by atoms with van der Waals surface area (Å²) >= 11 is 0. The first-order chi connectivity index (χ1) is 8.81. The van der Waals surface area contributed by atoms with Crippen LogP contribution in [-0.4, -0.2) is 36.1 Å². The van der Waals surface area contributed by atoms with Gasteiger partial charge in [0.25, 0.3) is 0 Å². The predicted molar refractivity (Wildman–Crippen MR) is 76.8 cm³/mol. The Kier molecular flexibility index (Phi) is 3.95. The zero-order chi connectivity index (χ0) is 12.4. The summed E-state index contributed by atoms with van der Waals surface area (Å²) < 4.78 is 0. The van der Waals surface area contributed by atoms with Gasteiger partial charge in [0.15, 0.2) is 0 Å². The highest BCUT2D eigenvalue weighted by molar-refractivity contribution is 5.00. The molecular formula is C16H30N2. The van der Waals surface area contributed by atoms with E-state index in [1.165, 1.54) is 77.4 Å². The molecule has 0 bridgehead atoms. The molecular weight excluding hydrogens is 220 g/mol. The Labute approximate surface area is 113 Å². The Balaban J connectivity index is 1.52. The summed E-state index contributed by atoms with van der Waals surface area (Å²) in [6, 6.07) is 0.900. The Morgan fingerprint density at radius 3 is 2.67 bits per heavy atom. The largest absolute Gasteiger partial charge is 0.311 e. The van der Waals surface area contributed by atoms with Crippen LogP contribution in [0.1, 0.15) is 64.7 Å². The smallest absolute Gasteiger partial charge is 0.0196 e. The normalized spacial score (nSPS) is 33.5. The van der Waals surface area contributed by atoms with Gasteiger partial charge in [0.05, 0.1) is 0 Å². The molecule has 1 aliphatic carbocycles. The summed E-state index contributed by atoms with van der Waals surface area (Å²) in [5, 5.41) is 3.88. The van der Waals surface area contributed by atoms with Crippen molar-refractivity contribution in [3.05, 3.63) is 0 Å². The van der Waals surface area contributed by atoms with Crippen molar-refractivity contribution in [1.29, 1.82) is 0 Å². The number of hydrogen-bond acceptors (Lipinski definition) is 2. The lowest BCUT2D eigenvalue weighted by Gasteiger charge is -2.52. The summed E-state index contributed by atoms with van der Waals surface area (Å²) in [5.74, 6) is 1.02. The standard InChI is InChI=1S/C16H30N2/c1-2-6-14-12-18(13-14)15-7-10-17-16(11-15)8-4-3-5-9-16/h14-15,17H,2-13H2,1H3. The number of nitrogens with zero attached hydrogens (tertiary/aromatic N) is 1. The highest BCUT2D eigenvalue weighted by atomic mass is 15.2. The summed E-state index contributed by atoms with van der Waals surface area (Å²) in [4.78, 5) is 2.79. The number of hydrogen-bond donors (Lipinski definition) is 1. The molecule has 0 amide bonds. The summed E-state index contributed by atoms with van der Waals surface area (Å²) in [5.41, 5.74) is 0.539. The SMILES string of the molecule is CCCC1CN(C2CCNC3(CCCCC3)C2)C1. The molecule has 1 unspecified atom stereocenters. The summed E-state index contributed by atoms with van der Waals surface area (Å²) in [6.45, 7) is 6.38. The van der Waals surface area contributed by atoms with Crippen LogP contribution in [0.4, 0.5) is 0 Å². The first-order valence-electron chi connectivity index (χ1n) is 8.30. The minimum absolute atomic E-state index is 0.539. The predicted octanol–water partition coefficient (Wildman–Crippen LogP) is 3.17. The lowest BCUT2D eigenvalue weighted by atomic mass is 9.73. The van der Waals surface area contributed by atoms with E-state index in [0.29, 0.717) is 5.54 Å². The fourth-order valence-corrected chi connectivity index (χ4v) is 4.55. The van der Waals surface area contributed by atoms with E-state index in [0.717, 1.165) is 12.0 Å². The molecule has 2 aliphatic heterocycles. The van der Waals surface area contributed by atoms with Gasteiger partial charge in [0.1, 0.15) is 0 Å². The monoisotopic (exact) mass is 250 g/mol. The van der Waals surface area contributed by atoms with Crippen molar-refractivity contribution in [3.8, 4) is 0 Å². The lowest BCUT2D eigenvalue weighted by molar-refractivity contribution is 0.00490. The van der Waals surface area contributed by atoms with Gasteiger partial charge in [-0.2, -0.15) is 0 Å². The van der Waals surface area contributed by atoms with E-state index in [-0.39, 0.29) is 0 Å². The third kappa shape index (κ3) is 2.60. The lowest BCUT2D eigenvalue weighted by Crippen LogP contribution is -2.61. The molecule has 1 atom stereocenters. The Morgan fingerprint density at radius 1 is 1.17 bits per heavy atom. The van der Waals surface area contributed by atoms with Crippen molar-refractivity contribution >= 4 is 0 Å². The Morgan fingerprint density at radius 2 is 1.94 bits per heavy atom. The highest BCUT2D eigenvalue weighted by Gasteiger charge is 2.41. The quantitative estimate of drug-likeness (QED) is 0.827.